The molecule has 0 aromatic heterocycles. The summed E-state index contributed by atoms with van der Waals surface area (Å²) in [4.78, 5) is 43.0. The molecule has 0 saturated carbocycles. The van der Waals surface area contributed by atoms with Gasteiger partial charge in [-0.3, -0.25) is 14.4 Å². The lowest BCUT2D eigenvalue weighted by atomic mass is 10.0. The quantitative estimate of drug-likeness (QED) is 0.473. The summed E-state index contributed by atoms with van der Waals surface area (Å²) in [5.41, 5.74) is 3.16. The molecule has 0 N–H and O–H groups in total. The Morgan fingerprint density at radius 1 is 0.972 bits per heavy atom. The molecule has 1 fully saturated rings. The van der Waals surface area contributed by atoms with Crippen LogP contribution < -0.4 is 4.90 Å². The van der Waals surface area contributed by atoms with E-state index in [1.807, 2.05) is 53.4 Å². The van der Waals surface area contributed by atoms with Crippen molar-refractivity contribution in [3.05, 3.63) is 95.6 Å². The number of anilines is 2. The lowest BCUT2D eigenvalue weighted by molar-refractivity contribution is -0.136. The Kier molecular flexibility index (Phi) is 6.71. The minimum atomic E-state index is -0.871. The molecule has 0 radical (unpaired) electrons. The molecule has 1 saturated heterocycles. The second kappa shape index (κ2) is 10.2. The fraction of sp³-hybridized carbons (Fsp3) is 0.185. The molecular formula is C27H22N4O4S. The van der Waals surface area contributed by atoms with Crippen molar-refractivity contribution in [1.29, 1.82) is 5.26 Å². The second-order valence-electron chi connectivity index (χ2n) is 8.27. The highest BCUT2D eigenvalue weighted by Crippen LogP contribution is 2.35. The molecule has 5 rings (SSSR count). The van der Waals surface area contributed by atoms with Crippen LogP contribution in [0.5, 0.6) is 0 Å². The molecule has 9 heteroatoms. The van der Waals surface area contributed by atoms with E-state index in [1.54, 1.807) is 35.2 Å². The topological polar surface area (TPSA) is 94.0 Å². The van der Waals surface area contributed by atoms with Gasteiger partial charge in [0.05, 0.1) is 41.9 Å². The number of para-hydroxylation sites is 1. The van der Waals surface area contributed by atoms with Crippen molar-refractivity contribution < 1.29 is 19.1 Å². The fourth-order valence-corrected chi connectivity index (χ4v) is 5.02. The third-order valence-electron chi connectivity index (χ3n) is 6.05. The summed E-state index contributed by atoms with van der Waals surface area (Å²) in [7, 11) is 0. The summed E-state index contributed by atoms with van der Waals surface area (Å²) in [6.45, 7) is 0.618. The maximum Gasteiger partial charge on any atom is 0.291 e. The zero-order chi connectivity index (χ0) is 25.1. The SMILES string of the molecule is N#Cc1ccc2c(c1)C(=O)N(CCOC(c1ccccc1)N1C(=O)CSC1=O)CN2c1ccccc1. The molecule has 2 aliphatic heterocycles. The highest BCUT2D eigenvalue weighted by molar-refractivity contribution is 8.14. The summed E-state index contributed by atoms with van der Waals surface area (Å²) in [5, 5.41) is 9.01. The normalized spacial score (nSPS) is 16.2. The number of thioether (sulfide) groups is 1. The number of imide groups is 1. The Bertz CT molecular complexity index is 1330. The number of fused-ring (bicyclic) bond motifs is 1. The minimum absolute atomic E-state index is 0.0835. The van der Waals surface area contributed by atoms with E-state index >= 15 is 0 Å². The average Bonchev–Trinajstić information content (AvgIpc) is 3.26. The van der Waals surface area contributed by atoms with Crippen LogP contribution in [-0.2, 0) is 9.53 Å². The number of rotatable bonds is 7. The van der Waals surface area contributed by atoms with Crippen molar-refractivity contribution in [1.82, 2.24) is 9.80 Å². The fourth-order valence-electron chi connectivity index (χ4n) is 4.30. The highest BCUT2D eigenvalue weighted by Gasteiger charge is 2.38. The number of nitrogens with zero attached hydrogens (tertiary/aromatic N) is 4. The zero-order valence-electron chi connectivity index (χ0n) is 19.2. The Morgan fingerprint density at radius 2 is 1.69 bits per heavy atom. The van der Waals surface area contributed by atoms with Crippen LogP contribution in [0.25, 0.3) is 0 Å². The summed E-state index contributed by atoms with van der Waals surface area (Å²) in [5.74, 6) is -0.431. The zero-order valence-corrected chi connectivity index (χ0v) is 20.1. The average molecular weight is 499 g/mol. The van der Waals surface area contributed by atoms with E-state index in [-0.39, 0.29) is 36.0 Å². The molecule has 3 aromatic carbocycles. The lowest BCUT2D eigenvalue weighted by Crippen LogP contribution is -2.46. The molecule has 0 spiro atoms. The molecule has 2 aliphatic rings. The molecule has 36 heavy (non-hydrogen) atoms. The Labute approximate surface area is 212 Å². The van der Waals surface area contributed by atoms with Crippen LogP contribution in [0.3, 0.4) is 0 Å². The Morgan fingerprint density at radius 3 is 2.36 bits per heavy atom. The van der Waals surface area contributed by atoms with Gasteiger partial charge in [0.2, 0.25) is 5.91 Å². The summed E-state index contributed by atoms with van der Waals surface area (Å²) < 4.78 is 6.08. The highest BCUT2D eigenvalue weighted by atomic mass is 32.2. The van der Waals surface area contributed by atoms with Crippen molar-refractivity contribution in [2.75, 3.05) is 30.5 Å². The van der Waals surface area contributed by atoms with Crippen molar-refractivity contribution in [2.24, 2.45) is 0 Å². The molecule has 1 atom stereocenters. The van der Waals surface area contributed by atoms with Crippen LogP contribution in [0.1, 0.15) is 27.7 Å². The van der Waals surface area contributed by atoms with Crippen LogP contribution in [0.2, 0.25) is 0 Å². The van der Waals surface area contributed by atoms with Gasteiger partial charge in [-0.25, -0.2) is 4.90 Å². The first-order chi connectivity index (χ1) is 17.6. The first-order valence-electron chi connectivity index (χ1n) is 11.4. The van der Waals surface area contributed by atoms with Gasteiger partial charge in [0.25, 0.3) is 11.1 Å². The number of nitriles is 1. The number of benzene rings is 3. The summed E-state index contributed by atoms with van der Waals surface area (Å²) in [6, 6.07) is 26.0. The number of hydrogen-bond donors (Lipinski definition) is 0. The van der Waals surface area contributed by atoms with Gasteiger partial charge in [-0.05, 0) is 30.3 Å². The van der Waals surface area contributed by atoms with Crippen LogP contribution >= 0.6 is 11.8 Å². The maximum absolute atomic E-state index is 13.4. The number of carbonyl (C=O) groups is 3. The standard InChI is InChI=1S/C27H22N4O4S/c28-16-19-11-12-23-22(15-19)25(33)29(18-30(23)21-9-5-2-6-10-21)13-14-35-26(20-7-3-1-4-8-20)31-24(32)17-36-27(31)34/h1-12,15,26H,13-14,17-18H2. The predicted molar refractivity (Wildman–Crippen MR) is 135 cm³/mol. The van der Waals surface area contributed by atoms with Crippen molar-refractivity contribution in [3.63, 3.8) is 0 Å². The van der Waals surface area contributed by atoms with E-state index in [0.29, 0.717) is 23.4 Å². The molecule has 0 aliphatic carbocycles. The van der Waals surface area contributed by atoms with Crippen LogP contribution in [-0.4, -0.2) is 52.4 Å². The minimum Gasteiger partial charge on any atom is -0.352 e. The van der Waals surface area contributed by atoms with Crippen LogP contribution in [0.15, 0.2) is 78.9 Å². The van der Waals surface area contributed by atoms with E-state index in [4.69, 9.17) is 4.74 Å². The number of amides is 3. The van der Waals surface area contributed by atoms with Gasteiger partial charge in [0.1, 0.15) is 0 Å². The van der Waals surface area contributed by atoms with E-state index in [9.17, 15) is 19.6 Å². The molecule has 3 amide bonds. The van der Waals surface area contributed by atoms with Crippen LogP contribution in [0, 0.1) is 11.3 Å². The van der Waals surface area contributed by atoms with Gasteiger partial charge < -0.3 is 14.5 Å². The van der Waals surface area contributed by atoms with Crippen molar-refractivity contribution >= 4 is 40.2 Å². The van der Waals surface area contributed by atoms with Gasteiger partial charge in [-0.15, -0.1) is 0 Å². The maximum atomic E-state index is 13.4. The Balaban J connectivity index is 1.38. The van der Waals surface area contributed by atoms with E-state index < -0.39 is 6.23 Å². The summed E-state index contributed by atoms with van der Waals surface area (Å²) in [6.07, 6.45) is -0.871. The van der Waals surface area contributed by atoms with Gasteiger partial charge in [-0.1, -0.05) is 60.3 Å². The van der Waals surface area contributed by atoms with Gasteiger partial charge >= 0.3 is 0 Å². The summed E-state index contributed by atoms with van der Waals surface area (Å²) >= 11 is 0.952. The van der Waals surface area contributed by atoms with Gasteiger partial charge in [0.15, 0.2) is 6.23 Å². The van der Waals surface area contributed by atoms with Crippen molar-refractivity contribution in [2.45, 2.75) is 6.23 Å². The third kappa shape index (κ3) is 4.56. The number of carbonyl (C=O) groups excluding carboxylic acids is 3. The Hall–Kier alpha value is -4.13. The molecule has 3 aromatic rings. The van der Waals surface area contributed by atoms with E-state index in [2.05, 4.69) is 6.07 Å². The molecule has 8 nitrogen and oxygen atoms in total. The molecule has 1 unspecified atom stereocenters. The number of ether oxygens (including phenoxy) is 1. The largest absolute Gasteiger partial charge is 0.352 e. The predicted octanol–water partition coefficient (Wildman–Crippen LogP) is 4.52. The molecule has 2 heterocycles. The lowest BCUT2D eigenvalue weighted by Gasteiger charge is -2.38. The van der Waals surface area contributed by atoms with Crippen LogP contribution in [0.4, 0.5) is 16.2 Å². The monoisotopic (exact) mass is 498 g/mol. The van der Waals surface area contributed by atoms with E-state index in [0.717, 1.165) is 28.0 Å². The first kappa shape index (κ1) is 23.6. The smallest absolute Gasteiger partial charge is 0.291 e. The molecular weight excluding hydrogens is 476 g/mol. The molecule has 180 valence electrons. The van der Waals surface area contributed by atoms with Gasteiger partial charge in [-0.2, -0.15) is 5.26 Å². The number of hydrogen-bond acceptors (Lipinski definition) is 7. The van der Waals surface area contributed by atoms with Gasteiger partial charge in [0, 0.05) is 17.8 Å². The van der Waals surface area contributed by atoms with Crippen molar-refractivity contribution in [3.8, 4) is 6.07 Å². The van der Waals surface area contributed by atoms with E-state index in [1.165, 1.54) is 0 Å². The first-order valence-corrected chi connectivity index (χ1v) is 12.4. The molecule has 0 bridgehead atoms. The second-order valence-corrected chi connectivity index (χ2v) is 9.20. The third-order valence-corrected chi connectivity index (χ3v) is 6.89.